The van der Waals surface area contributed by atoms with E-state index in [2.05, 4.69) is 6.92 Å². The first kappa shape index (κ1) is 17.9. The van der Waals surface area contributed by atoms with Crippen LogP contribution in [0.1, 0.15) is 65.7 Å². The van der Waals surface area contributed by atoms with Crippen molar-refractivity contribution in [1.29, 1.82) is 0 Å². The van der Waals surface area contributed by atoms with Crippen LogP contribution in [0.4, 0.5) is 0 Å². The topological polar surface area (TPSA) is 82.1 Å². The maximum absolute atomic E-state index is 12.8. The fraction of sp³-hybridized carbons (Fsp3) is 0.905. The molecule has 2 aliphatic carbocycles. The molecule has 2 spiro atoms. The quantitative estimate of drug-likeness (QED) is 0.652. The fourth-order valence-electron chi connectivity index (χ4n) is 8.05. The van der Waals surface area contributed by atoms with Crippen molar-refractivity contribution in [1.82, 2.24) is 0 Å². The number of carbonyl (C=O) groups excluding carboxylic acids is 2. The van der Waals surface area contributed by atoms with Crippen LogP contribution in [0.15, 0.2) is 0 Å². The van der Waals surface area contributed by atoms with Crippen molar-refractivity contribution in [2.45, 2.75) is 82.5 Å². The molecule has 3 aliphatic heterocycles. The second kappa shape index (κ2) is 5.07. The van der Waals surface area contributed by atoms with Gasteiger partial charge in [0, 0.05) is 17.8 Å². The number of carbonyl (C=O) groups is 2. The van der Waals surface area contributed by atoms with Crippen molar-refractivity contribution in [3.63, 3.8) is 0 Å². The van der Waals surface area contributed by atoms with Gasteiger partial charge < -0.3 is 19.3 Å². The average Bonchev–Trinajstić information content (AvgIpc) is 3.15. The predicted molar refractivity (Wildman–Crippen MR) is 94.6 cm³/mol. The second-order valence-electron chi connectivity index (χ2n) is 10.3. The summed E-state index contributed by atoms with van der Waals surface area (Å²) in [5.74, 6) is -0.601. The van der Waals surface area contributed by atoms with Crippen LogP contribution in [0.2, 0.25) is 0 Å². The number of cyclic esters (lactones) is 2. The van der Waals surface area contributed by atoms with Gasteiger partial charge in [-0.05, 0) is 51.9 Å². The summed E-state index contributed by atoms with van der Waals surface area (Å²) in [6.07, 6.45) is 5.05. The van der Waals surface area contributed by atoms with Gasteiger partial charge in [-0.15, -0.1) is 0 Å². The van der Waals surface area contributed by atoms with Crippen LogP contribution >= 0.6 is 0 Å². The number of hydrogen-bond acceptors (Lipinski definition) is 6. The highest BCUT2D eigenvalue weighted by atomic mass is 16.6. The van der Waals surface area contributed by atoms with E-state index in [1.165, 1.54) is 0 Å². The molecule has 6 nitrogen and oxygen atoms in total. The lowest BCUT2D eigenvalue weighted by molar-refractivity contribution is -0.321. The lowest BCUT2D eigenvalue weighted by Crippen LogP contribution is -2.76. The standard InChI is InChI=1S/C21H30O6/c1-13-11-18(3,24)14-17(2)5-4-6-19(14,12-26-15(17)22)21(13)8-7-20(27-21)9-10-25-16(20)23/h13-14,24H,4-12H2,1-3H3/t13-,14-,17-,18-,19+,20+,21+/m0/s1. The van der Waals surface area contributed by atoms with E-state index in [1.807, 2.05) is 13.8 Å². The smallest absolute Gasteiger partial charge is 0.338 e. The van der Waals surface area contributed by atoms with Gasteiger partial charge >= 0.3 is 11.9 Å². The molecule has 2 bridgehead atoms. The molecule has 3 saturated heterocycles. The predicted octanol–water partition coefficient (Wildman–Crippen LogP) is 2.36. The molecule has 0 aromatic heterocycles. The molecule has 5 fully saturated rings. The molecule has 0 aromatic rings. The Kier molecular flexibility index (Phi) is 3.36. The summed E-state index contributed by atoms with van der Waals surface area (Å²) in [6, 6.07) is 0. The lowest BCUT2D eigenvalue weighted by Gasteiger charge is -2.69. The van der Waals surface area contributed by atoms with Crippen LogP contribution in [0, 0.1) is 22.7 Å². The third-order valence-electron chi connectivity index (χ3n) is 8.80. The van der Waals surface area contributed by atoms with Gasteiger partial charge in [-0.2, -0.15) is 0 Å². The molecule has 5 rings (SSSR count). The monoisotopic (exact) mass is 378 g/mol. The van der Waals surface area contributed by atoms with Gasteiger partial charge in [-0.25, -0.2) is 4.79 Å². The zero-order valence-corrected chi connectivity index (χ0v) is 16.5. The highest BCUT2D eigenvalue weighted by molar-refractivity contribution is 5.82. The molecule has 27 heavy (non-hydrogen) atoms. The summed E-state index contributed by atoms with van der Waals surface area (Å²) in [5.41, 5.74) is -3.55. The van der Waals surface area contributed by atoms with Gasteiger partial charge in [-0.1, -0.05) is 13.3 Å². The molecule has 0 unspecified atom stereocenters. The van der Waals surface area contributed by atoms with E-state index in [0.717, 1.165) is 25.7 Å². The fourth-order valence-corrected chi connectivity index (χ4v) is 8.05. The van der Waals surface area contributed by atoms with Crippen molar-refractivity contribution in [3.8, 4) is 0 Å². The van der Waals surface area contributed by atoms with Gasteiger partial charge in [0.15, 0.2) is 5.60 Å². The molecule has 0 radical (unpaired) electrons. The normalized spacial score (nSPS) is 56.9. The molecule has 0 aromatic carbocycles. The molecule has 150 valence electrons. The zero-order chi connectivity index (χ0) is 19.3. The minimum atomic E-state index is -0.964. The van der Waals surface area contributed by atoms with Gasteiger partial charge in [0.1, 0.15) is 6.61 Å². The van der Waals surface area contributed by atoms with E-state index in [1.54, 1.807) is 0 Å². The van der Waals surface area contributed by atoms with Crippen molar-refractivity contribution in [3.05, 3.63) is 0 Å². The van der Waals surface area contributed by atoms with Crippen LogP contribution in [-0.2, 0) is 23.8 Å². The lowest BCUT2D eigenvalue weighted by atomic mass is 9.39. The summed E-state index contributed by atoms with van der Waals surface area (Å²) >= 11 is 0. The van der Waals surface area contributed by atoms with Crippen LogP contribution in [0.25, 0.3) is 0 Å². The molecule has 1 N–H and O–H groups in total. The Bertz CT molecular complexity index is 717. The van der Waals surface area contributed by atoms with E-state index in [0.29, 0.717) is 25.9 Å². The van der Waals surface area contributed by atoms with Crippen molar-refractivity contribution in [2.24, 2.45) is 22.7 Å². The number of ether oxygens (including phenoxy) is 3. The molecule has 5 aliphatic rings. The molecular weight excluding hydrogens is 348 g/mol. The summed E-state index contributed by atoms with van der Waals surface area (Å²) in [5, 5.41) is 11.5. The van der Waals surface area contributed by atoms with Crippen LogP contribution in [-0.4, -0.2) is 47.1 Å². The van der Waals surface area contributed by atoms with E-state index in [9.17, 15) is 14.7 Å². The highest BCUT2D eigenvalue weighted by Crippen LogP contribution is 2.72. The zero-order valence-electron chi connectivity index (χ0n) is 16.5. The molecule has 2 saturated carbocycles. The van der Waals surface area contributed by atoms with Crippen molar-refractivity contribution in [2.75, 3.05) is 13.2 Å². The van der Waals surface area contributed by atoms with E-state index >= 15 is 0 Å². The van der Waals surface area contributed by atoms with Gasteiger partial charge in [0.2, 0.25) is 0 Å². The summed E-state index contributed by atoms with van der Waals surface area (Å²) in [4.78, 5) is 25.3. The van der Waals surface area contributed by atoms with Gasteiger partial charge in [-0.3, -0.25) is 4.79 Å². The van der Waals surface area contributed by atoms with E-state index in [-0.39, 0.29) is 30.4 Å². The third-order valence-corrected chi connectivity index (χ3v) is 8.80. The van der Waals surface area contributed by atoms with Crippen molar-refractivity contribution < 1.29 is 28.9 Å². The first-order valence-corrected chi connectivity index (χ1v) is 10.4. The van der Waals surface area contributed by atoms with E-state index < -0.39 is 27.6 Å². The average molecular weight is 378 g/mol. The van der Waals surface area contributed by atoms with Crippen LogP contribution in [0.5, 0.6) is 0 Å². The molecular formula is C21H30O6. The third kappa shape index (κ3) is 1.89. The summed E-state index contributed by atoms with van der Waals surface area (Å²) in [7, 11) is 0. The summed E-state index contributed by atoms with van der Waals surface area (Å²) in [6.45, 7) is 6.65. The molecule has 3 heterocycles. The number of rotatable bonds is 0. The first-order chi connectivity index (χ1) is 12.6. The Morgan fingerprint density at radius 3 is 2.48 bits per heavy atom. The van der Waals surface area contributed by atoms with Crippen LogP contribution < -0.4 is 0 Å². The van der Waals surface area contributed by atoms with Gasteiger partial charge in [0.25, 0.3) is 0 Å². The minimum Gasteiger partial charge on any atom is -0.465 e. The highest BCUT2D eigenvalue weighted by Gasteiger charge is 2.78. The Morgan fingerprint density at radius 1 is 1.00 bits per heavy atom. The Hall–Kier alpha value is -1.14. The number of esters is 2. The number of aliphatic hydroxyl groups is 1. The van der Waals surface area contributed by atoms with Crippen LogP contribution in [0.3, 0.4) is 0 Å². The Labute approximate surface area is 159 Å². The molecule has 0 amide bonds. The molecule has 6 heteroatoms. The first-order valence-electron chi connectivity index (χ1n) is 10.4. The largest absolute Gasteiger partial charge is 0.465 e. The Balaban J connectivity index is 1.67. The number of hydrogen-bond donors (Lipinski definition) is 1. The van der Waals surface area contributed by atoms with E-state index in [4.69, 9.17) is 14.2 Å². The minimum absolute atomic E-state index is 0.0654. The van der Waals surface area contributed by atoms with Crippen molar-refractivity contribution >= 4 is 11.9 Å². The Morgan fingerprint density at radius 2 is 1.78 bits per heavy atom. The SMILES string of the molecule is C[C@H]1C[C@](C)(O)[C@H]2[C@]3(CCC[C@]2(C)C(=O)OC3)[C@@]12CC[C@]1(CCOC1=O)O2. The van der Waals surface area contributed by atoms with Gasteiger partial charge in [0.05, 0.1) is 23.2 Å². The molecule has 7 atom stereocenters. The summed E-state index contributed by atoms with van der Waals surface area (Å²) < 4.78 is 17.9. The second-order valence-corrected chi connectivity index (χ2v) is 10.3. The maximum atomic E-state index is 12.8. The maximum Gasteiger partial charge on any atom is 0.338 e.